The molecule has 0 bridgehead atoms. The first-order valence-electron chi connectivity index (χ1n) is 8.21. The Morgan fingerprint density at radius 3 is 2.09 bits per heavy atom. The Bertz CT molecular complexity index is 566. The van der Waals surface area contributed by atoms with E-state index < -0.39 is 0 Å². The van der Waals surface area contributed by atoms with E-state index in [9.17, 15) is 14.4 Å². The summed E-state index contributed by atoms with van der Waals surface area (Å²) < 4.78 is 0. The van der Waals surface area contributed by atoms with Crippen LogP contribution in [0.4, 0.5) is 0 Å². The molecule has 0 unspecified atom stereocenters. The van der Waals surface area contributed by atoms with Crippen LogP contribution in [0.15, 0.2) is 18.2 Å². The molecule has 1 aromatic carbocycles. The molecule has 0 aliphatic carbocycles. The van der Waals surface area contributed by atoms with Crippen molar-refractivity contribution in [1.29, 1.82) is 0 Å². The van der Waals surface area contributed by atoms with E-state index in [1.165, 1.54) is 5.56 Å². The normalized spacial score (nSPS) is 15.6. The molecule has 23 heavy (non-hydrogen) atoms. The number of benzene rings is 1. The Balaban J connectivity index is 0.000000228. The monoisotopic (exact) mass is 318 g/mol. The van der Waals surface area contributed by atoms with Crippen molar-refractivity contribution in [2.45, 2.75) is 59.4 Å². The fraction of sp³-hybridized carbons (Fsp3) is 0.500. The van der Waals surface area contributed by atoms with Gasteiger partial charge in [-0.15, -0.1) is 0 Å². The molecule has 5 nitrogen and oxygen atoms in total. The van der Waals surface area contributed by atoms with E-state index in [2.05, 4.69) is 30.5 Å². The zero-order chi connectivity index (χ0) is 17.4. The lowest BCUT2D eigenvalue weighted by Crippen LogP contribution is -2.33. The number of rotatable bonds is 1. The number of carbonyl (C=O) groups excluding carboxylic acids is 3. The van der Waals surface area contributed by atoms with Crippen LogP contribution in [0.2, 0.25) is 0 Å². The Kier molecular flexibility index (Phi) is 7.45. The lowest BCUT2D eigenvalue weighted by atomic mass is 9.98. The molecule has 5 heteroatoms. The minimum absolute atomic E-state index is 0.0605. The largest absolute Gasteiger partial charge is 0.348 e. The van der Waals surface area contributed by atoms with Crippen molar-refractivity contribution in [2.24, 2.45) is 0 Å². The molecule has 0 atom stereocenters. The van der Waals surface area contributed by atoms with E-state index in [0.717, 1.165) is 11.1 Å². The molecule has 0 saturated carbocycles. The van der Waals surface area contributed by atoms with Crippen LogP contribution in [0.1, 0.15) is 74.4 Å². The highest BCUT2D eigenvalue weighted by atomic mass is 16.2. The molecule has 0 radical (unpaired) electrons. The molecular formula is C18H26N2O3. The van der Waals surface area contributed by atoms with Crippen LogP contribution < -0.4 is 10.6 Å². The second-order valence-corrected chi connectivity index (χ2v) is 5.58. The fourth-order valence-electron chi connectivity index (χ4n) is 2.30. The SMILES string of the molecule is CC.CC(C)c1ccc2c(c1)CNC2=O.O=C1CCCC(=O)N1. The molecule has 0 spiro atoms. The van der Waals surface area contributed by atoms with E-state index in [4.69, 9.17) is 0 Å². The van der Waals surface area contributed by atoms with Gasteiger partial charge in [-0.3, -0.25) is 19.7 Å². The second-order valence-electron chi connectivity index (χ2n) is 5.58. The molecule has 126 valence electrons. The summed E-state index contributed by atoms with van der Waals surface area (Å²) in [5.74, 6) is 0.314. The van der Waals surface area contributed by atoms with Crippen molar-refractivity contribution in [1.82, 2.24) is 10.6 Å². The summed E-state index contributed by atoms with van der Waals surface area (Å²) in [5, 5.41) is 5.01. The molecule has 1 fully saturated rings. The summed E-state index contributed by atoms with van der Waals surface area (Å²) in [7, 11) is 0. The molecule has 1 aromatic rings. The van der Waals surface area contributed by atoms with Gasteiger partial charge in [0.2, 0.25) is 11.8 Å². The van der Waals surface area contributed by atoms with Crippen molar-refractivity contribution in [3.05, 3.63) is 34.9 Å². The molecule has 2 aliphatic heterocycles. The average molecular weight is 318 g/mol. The molecule has 2 heterocycles. The van der Waals surface area contributed by atoms with Crippen LogP contribution in [0, 0.1) is 0 Å². The van der Waals surface area contributed by atoms with Crippen LogP contribution in [0.25, 0.3) is 0 Å². The van der Waals surface area contributed by atoms with Crippen molar-refractivity contribution in [3.63, 3.8) is 0 Å². The van der Waals surface area contributed by atoms with Crippen LogP contribution >= 0.6 is 0 Å². The van der Waals surface area contributed by atoms with Gasteiger partial charge >= 0.3 is 0 Å². The van der Waals surface area contributed by atoms with Crippen molar-refractivity contribution in [3.8, 4) is 0 Å². The van der Waals surface area contributed by atoms with Gasteiger partial charge in [-0.25, -0.2) is 0 Å². The van der Waals surface area contributed by atoms with Gasteiger partial charge in [-0.1, -0.05) is 39.8 Å². The number of imide groups is 1. The highest BCUT2D eigenvalue weighted by Crippen LogP contribution is 2.21. The lowest BCUT2D eigenvalue weighted by Gasteiger charge is -2.07. The second kappa shape index (κ2) is 9.08. The quantitative estimate of drug-likeness (QED) is 0.782. The number of carbonyl (C=O) groups is 3. The van der Waals surface area contributed by atoms with Crippen LogP contribution in [-0.4, -0.2) is 17.7 Å². The van der Waals surface area contributed by atoms with Gasteiger partial charge in [0.25, 0.3) is 5.91 Å². The van der Waals surface area contributed by atoms with E-state index in [0.29, 0.717) is 31.7 Å². The van der Waals surface area contributed by atoms with Crippen LogP contribution in [0.3, 0.4) is 0 Å². The molecule has 3 amide bonds. The fourth-order valence-corrected chi connectivity index (χ4v) is 2.30. The number of amides is 3. The van der Waals surface area contributed by atoms with E-state index >= 15 is 0 Å². The van der Waals surface area contributed by atoms with Gasteiger partial charge in [0.1, 0.15) is 0 Å². The Labute approximate surface area is 137 Å². The minimum atomic E-state index is -0.138. The van der Waals surface area contributed by atoms with E-state index in [-0.39, 0.29) is 17.7 Å². The Hall–Kier alpha value is -2.17. The molecule has 2 aliphatic rings. The highest BCUT2D eigenvalue weighted by Gasteiger charge is 2.18. The first-order chi connectivity index (χ1) is 11.0. The van der Waals surface area contributed by atoms with Gasteiger partial charge in [0.15, 0.2) is 0 Å². The first-order valence-corrected chi connectivity index (χ1v) is 8.21. The van der Waals surface area contributed by atoms with E-state index in [1.54, 1.807) is 0 Å². The third-order valence-corrected chi connectivity index (χ3v) is 3.57. The van der Waals surface area contributed by atoms with Crippen LogP contribution in [0.5, 0.6) is 0 Å². The summed E-state index contributed by atoms with van der Waals surface area (Å²) in [5.41, 5.74) is 3.27. The average Bonchev–Trinajstić information content (AvgIpc) is 2.90. The zero-order valence-corrected chi connectivity index (χ0v) is 14.4. The topological polar surface area (TPSA) is 75.3 Å². The smallest absolute Gasteiger partial charge is 0.251 e. The number of hydrogen-bond acceptors (Lipinski definition) is 3. The molecule has 0 aromatic heterocycles. The van der Waals surface area contributed by atoms with Gasteiger partial charge in [-0.05, 0) is 29.5 Å². The van der Waals surface area contributed by atoms with Gasteiger partial charge in [-0.2, -0.15) is 0 Å². The maximum Gasteiger partial charge on any atom is 0.251 e. The number of piperidine rings is 1. The predicted octanol–water partition coefficient (Wildman–Crippen LogP) is 2.89. The molecule has 3 rings (SSSR count). The maximum absolute atomic E-state index is 11.2. The first kappa shape index (κ1) is 18.9. The summed E-state index contributed by atoms with van der Waals surface area (Å²) in [6.07, 6.45) is 1.72. The lowest BCUT2D eigenvalue weighted by molar-refractivity contribution is -0.132. The van der Waals surface area contributed by atoms with Gasteiger partial charge in [0.05, 0.1) is 0 Å². The third-order valence-electron chi connectivity index (χ3n) is 3.57. The Morgan fingerprint density at radius 1 is 1.00 bits per heavy atom. The molecular weight excluding hydrogens is 292 g/mol. The van der Waals surface area contributed by atoms with Gasteiger partial charge in [0, 0.05) is 24.9 Å². The minimum Gasteiger partial charge on any atom is -0.348 e. The predicted molar refractivity (Wildman–Crippen MR) is 90.0 cm³/mol. The standard InChI is InChI=1S/C11H13NO.C5H7NO2.C2H6/c1-7(2)8-3-4-10-9(5-8)6-12-11(10)13;7-4-2-1-3-5(8)6-4;1-2/h3-5,7H,6H2,1-2H3,(H,12,13);1-3H2,(H,6,7,8);1-2H3. The highest BCUT2D eigenvalue weighted by molar-refractivity contribution is 5.98. The molecule has 1 saturated heterocycles. The summed E-state index contributed by atoms with van der Waals surface area (Å²) >= 11 is 0. The van der Waals surface area contributed by atoms with Crippen LogP contribution in [-0.2, 0) is 16.1 Å². The summed E-state index contributed by atoms with van der Waals surface area (Å²) in [6, 6.07) is 6.08. The van der Waals surface area contributed by atoms with Crippen molar-refractivity contribution in [2.75, 3.05) is 0 Å². The number of nitrogens with one attached hydrogen (secondary N) is 2. The maximum atomic E-state index is 11.2. The number of hydrogen-bond donors (Lipinski definition) is 2. The zero-order valence-electron chi connectivity index (χ0n) is 14.4. The molecule has 2 N–H and O–H groups in total. The Morgan fingerprint density at radius 2 is 1.61 bits per heavy atom. The third kappa shape index (κ3) is 5.51. The summed E-state index contributed by atoms with van der Waals surface area (Å²) in [6.45, 7) is 9.01. The van der Waals surface area contributed by atoms with Crippen molar-refractivity contribution >= 4 is 17.7 Å². The summed E-state index contributed by atoms with van der Waals surface area (Å²) in [4.78, 5) is 31.9. The van der Waals surface area contributed by atoms with Crippen molar-refractivity contribution < 1.29 is 14.4 Å². The van der Waals surface area contributed by atoms with Gasteiger partial charge < -0.3 is 5.32 Å². The number of fused-ring (bicyclic) bond motifs is 1. The van der Waals surface area contributed by atoms with E-state index in [1.807, 2.05) is 26.0 Å².